The molecular formula is C20H22N6O2S. The number of H-pyrrole nitrogens is 1. The number of nitrogens with zero attached hydrogens (tertiary/aromatic N) is 4. The molecule has 2 N–H and O–H groups in total. The van der Waals surface area contributed by atoms with Gasteiger partial charge in [-0.1, -0.05) is 23.5 Å². The summed E-state index contributed by atoms with van der Waals surface area (Å²) in [4.78, 5) is 27.1. The van der Waals surface area contributed by atoms with Gasteiger partial charge in [0.2, 0.25) is 5.91 Å². The van der Waals surface area contributed by atoms with Crippen LogP contribution in [-0.4, -0.2) is 50.2 Å². The Bertz CT molecular complexity index is 1040. The van der Waals surface area contributed by atoms with Crippen LogP contribution in [-0.2, 0) is 4.79 Å². The first-order chi connectivity index (χ1) is 14.0. The van der Waals surface area contributed by atoms with Crippen molar-refractivity contribution < 1.29 is 9.59 Å². The smallest absolute Gasteiger partial charge is 0.257 e. The Kier molecular flexibility index (Phi) is 5.39. The highest BCUT2D eigenvalue weighted by atomic mass is 32.1. The van der Waals surface area contributed by atoms with Crippen LogP contribution in [0.3, 0.4) is 0 Å². The van der Waals surface area contributed by atoms with Crippen LogP contribution in [0.1, 0.15) is 33.9 Å². The third-order valence-corrected chi connectivity index (χ3v) is 6.00. The SMILES string of the molecule is Cc1nnc(-c2cccc(NC(=O)C3CCN(C(=O)c4cn[nH]c4C)CC3)c2)s1. The van der Waals surface area contributed by atoms with Gasteiger partial charge in [0.15, 0.2) is 0 Å². The van der Waals surface area contributed by atoms with Gasteiger partial charge in [0.1, 0.15) is 10.0 Å². The molecule has 9 heteroatoms. The molecule has 0 atom stereocenters. The van der Waals surface area contributed by atoms with Gasteiger partial charge in [0, 0.05) is 36.0 Å². The molecule has 0 bridgehead atoms. The maximum atomic E-state index is 12.7. The van der Waals surface area contributed by atoms with Gasteiger partial charge >= 0.3 is 0 Å². The molecule has 1 aromatic carbocycles. The van der Waals surface area contributed by atoms with Gasteiger partial charge < -0.3 is 10.2 Å². The molecule has 2 amide bonds. The normalized spacial score (nSPS) is 14.8. The number of piperidine rings is 1. The first kappa shape index (κ1) is 19.3. The van der Waals surface area contributed by atoms with Crippen molar-refractivity contribution in [2.45, 2.75) is 26.7 Å². The second-order valence-corrected chi connectivity index (χ2v) is 8.35. The monoisotopic (exact) mass is 410 g/mol. The second kappa shape index (κ2) is 8.12. The summed E-state index contributed by atoms with van der Waals surface area (Å²) in [7, 11) is 0. The van der Waals surface area contributed by atoms with E-state index in [1.165, 1.54) is 11.3 Å². The summed E-state index contributed by atoms with van der Waals surface area (Å²) < 4.78 is 0. The van der Waals surface area contributed by atoms with Crippen molar-refractivity contribution in [3.05, 3.63) is 46.7 Å². The summed E-state index contributed by atoms with van der Waals surface area (Å²) in [5, 5.41) is 19.7. The number of aryl methyl sites for hydroxylation is 2. The van der Waals surface area contributed by atoms with Crippen molar-refractivity contribution in [1.82, 2.24) is 25.3 Å². The van der Waals surface area contributed by atoms with Crippen molar-refractivity contribution in [1.29, 1.82) is 0 Å². The van der Waals surface area contributed by atoms with E-state index >= 15 is 0 Å². The Morgan fingerprint density at radius 1 is 1.21 bits per heavy atom. The zero-order chi connectivity index (χ0) is 20.4. The fourth-order valence-electron chi connectivity index (χ4n) is 3.47. The molecule has 0 unspecified atom stereocenters. The summed E-state index contributed by atoms with van der Waals surface area (Å²) in [6.07, 6.45) is 2.84. The van der Waals surface area contributed by atoms with Gasteiger partial charge in [0.05, 0.1) is 11.8 Å². The summed E-state index contributed by atoms with van der Waals surface area (Å²) in [5.74, 6) is -0.158. The molecule has 150 valence electrons. The molecule has 1 saturated heterocycles. The number of nitrogens with one attached hydrogen (secondary N) is 2. The lowest BCUT2D eigenvalue weighted by Gasteiger charge is -2.31. The number of hydrogen-bond donors (Lipinski definition) is 2. The van der Waals surface area contributed by atoms with Gasteiger partial charge in [-0.25, -0.2) is 0 Å². The van der Waals surface area contributed by atoms with Crippen LogP contribution in [0.4, 0.5) is 5.69 Å². The number of hydrogen-bond acceptors (Lipinski definition) is 6. The highest BCUT2D eigenvalue weighted by Gasteiger charge is 2.28. The predicted octanol–water partition coefficient (Wildman–Crippen LogP) is 3.04. The van der Waals surface area contributed by atoms with Crippen LogP contribution in [0.5, 0.6) is 0 Å². The zero-order valence-corrected chi connectivity index (χ0v) is 17.1. The van der Waals surface area contributed by atoms with Crippen LogP contribution >= 0.6 is 11.3 Å². The van der Waals surface area contributed by atoms with Gasteiger partial charge in [-0.3, -0.25) is 14.7 Å². The lowest BCUT2D eigenvalue weighted by molar-refractivity contribution is -0.121. The molecule has 1 fully saturated rings. The van der Waals surface area contributed by atoms with E-state index in [-0.39, 0.29) is 17.7 Å². The molecular weight excluding hydrogens is 388 g/mol. The van der Waals surface area contributed by atoms with Crippen LogP contribution in [0.15, 0.2) is 30.5 Å². The number of carbonyl (C=O) groups excluding carboxylic acids is 2. The minimum absolute atomic E-state index is 0.0119. The van der Waals surface area contributed by atoms with E-state index < -0.39 is 0 Å². The van der Waals surface area contributed by atoms with Crippen LogP contribution in [0.25, 0.3) is 10.6 Å². The maximum absolute atomic E-state index is 12.7. The first-order valence-corrected chi connectivity index (χ1v) is 10.3. The molecule has 0 aliphatic carbocycles. The van der Waals surface area contributed by atoms with E-state index in [1.54, 1.807) is 11.1 Å². The summed E-state index contributed by atoms with van der Waals surface area (Å²) in [6.45, 7) is 4.87. The predicted molar refractivity (Wildman–Crippen MR) is 111 cm³/mol. The minimum Gasteiger partial charge on any atom is -0.338 e. The molecule has 1 aliphatic rings. The topological polar surface area (TPSA) is 104 Å². The van der Waals surface area contributed by atoms with Crippen molar-refractivity contribution in [3.8, 4) is 10.6 Å². The first-order valence-electron chi connectivity index (χ1n) is 9.52. The van der Waals surface area contributed by atoms with Crippen LogP contribution in [0, 0.1) is 19.8 Å². The van der Waals surface area contributed by atoms with Crippen molar-refractivity contribution in [3.63, 3.8) is 0 Å². The van der Waals surface area contributed by atoms with Crippen LogP contribution < -0.4 is 5.32 Å². The van der Waals surface area contributed by atoms with Crippen molar-refractivity contribution in [2.24, 2.45) is 5.92 Å². The van der Waals surface area contributed by atoms with E-state index in [4.69, 9.17) is 0 Å². The van der Waals surface area contributed by atoms with E-state index in [0.717, 1.165) is 27.0 Å². The standard InChI is InChI=1S/C20H22N6O2S/c1-12-17(11-21-23-12)20(28)26-8-6-14(7-9-26)18(27)22-16-5-3-4-15(10-16)19-25-24-13(2)29-19/h3-5,10-11,14H,6-9H2,1-2H3,(H,21,23)(H,22,27). The minimum atomic E-state index is -0.114. The van der Waals surface area contributed by atoms with E-state index in [0.29, 0.717) is 31.5 Å². The van der Waals surface area contributed by atoms with Gasteiger partial charge in [-0.2, -0.15) is 5.10 Å². The number of likely N-dealkylation sites (tertiary alicyclic amines) is 1. The fraction of sp³-hybridized carbons (Fsp3) is 0.350. The van der Waals surface area contributed by atoms with E-state index in [2.05, 4.69) is 25.7 Å². The Balaban J connectivity index is 1.36. The molecule has 3 heterocycles. The molecule has 8 nitrogen and oxygen atoms in total. The number of anilines is 1. The molecule has 29 heavy (non-hydrogen) atoms. The largest absolute Gasteiger partial charge is 0.338 e. The molecule has 0 radical (unpaired) electrons. The number of aromatic nitrogens is 4. The highest BCUT2D eigenvalue weighted by molar-refractivity contribution is 7.14. The summed E-state index contributed by atoms with van der Waals surface area (Å²) in [6, 6.07) is 7.64. The summed E-state index contributed by atoms with van der Waals surface area (Å²) in [5.41, 5.74) is 3.04. The number of benzene rings is 1. The molecule has 3 aromatic rings. The fourth-order valence-corrected chi connectivity index (χ4v) is 4.16. The second-order valence-electron chi connectivity index (χ2n) is 7.17. The maximum Gasteiger partial charge on any atom is 0.257 e. The Morgan fingerprint density at radius 3 is 2.66 bits per heavy atom. The third-order valence-electron chi connectivity index (χ3n) is 5.12. The average molecular weight is 411 g/mol. The van der Waals surface area contributed by atoms with Crippen molar-refractivity contribution >= 4 is 28.8 Å². The van der Waals surface area contributed by atoms with E-state index in [9.17, 15) is 9.59 Å². The Morgan fingerprint density at radius 2 is 2.00 bits per heavy atom. The number of aromatic amines is 1. The lowest BCUT2D eigenvalue weighted by atomic mass is 9.95. The number of rotatable bonds is 4. The lowest BCUT2D eigenvalue weighted by Crippen LogP contribution is -2.41. The van der Waals surface area contributed by atoms with Gasteiger partial charge in [-0.05, 0) is 38.8 Å². The van der Waals surface area contributed by atoms with E-state index in [1.807, 2.05) is 38.1 Å². The summed E-state index contributed by atoms with van der Waals surface area (Å²) >= 11 is 1.52. The average Bonchev–Trinajstić information content (AvgIpc) is 3.36. The molecule has 1 aliphatic heterocycles. The van der Waals surface area contributed by atoms with Gasteiger partial charge in [-0.15, -0.1) is 10.2 Å². The highest BCUT2D eigenvalue weighted by Crippen LogP contribution is 2.26. The Labute approximate surface area is 172 Å². The Hall–Kier alpha value is -3.07. The number of amides is 2. The van der Waals surface area contributed by atoms with Gasteiger partial charge in [0.25, 0.3) is 5.91 Å². The molecule has 4 rings (SSSR count). The quantitative estimate of drug-likeness (QED) is 0.688. The van der Waals surface area contributed by atoms with Crippen LogP contribution in [0.2, 0.25) is 0 Å². The third kappa shape index (κ3) is 4.19. The molecule has 2 aromatic heterocycles. The molecule has 0 spiro atoms. The molecule has 0 saturated carbocycles. The zero-order valence-electron chi connectivity index (χ0n) is 16.3. The van der Waals surface area contributed by atoms with Crippen molar-refractivity contribution in [2.75, 3.05) is 18.4 Å². The number of carbonyl (C=O) groups is 2.